The smallest absolute Gasteiger partial charge is 0.244 e. The zero-order valence-electron chi connectivity index (χ0n) is 20.5. The number of aryl methyl sites for hydroxylation is 1. The van der Waals surface area contributed by atoms with Gasteiger partial charge in [0.2, 0.25) is 21.8 Å². The van der Waals surface area contributed by atoms with Crippen molar-refractivity contribution < 1.29 is 18.0 Å². The average molecular weight is 520 g/mol. The monoisotopic (exact) mass is 519 g/mol. The summed E-state index contributed by atoms with van der Waals surface area (Å²) in [6, 6.07) is 13.4. The van der Waals surface area contributed by atoms with E-state index >= 15 is 0 Å². The van der Waals surface area contributed by atoms with E-state index in [-0.39, 0.29) is 18.5 Å². The number of nitrogens with zero attached hydrogens (tertiary/aromatic N) is 2. The Kier molecular flexibility index (Phi) is 9.19. The lowest BCUT2D eigenvalue weighted by Crippen LogP contribution is -2.52. The second kappa shape index (κ2) is 11.9. The molecule has 2 aromatic carbocycles. The Morgan fingerprint density at radius 3 is 2.34 bits per heavy atom. The fourth-order valence-electron chi connectivity index (χ4n) is 4.29. The predicted molar refractivity (Wildman–Crippen MR) is 140 cm³/mol. The van der Waals surface area contributed by atoms with Gasteiger partial charge in [-0.3, -0.25) is 13.9 Å². The molecule has 1 saturated carbocycles. The molecule has 3 rings (SSSR count). The molecule has 1 N–H and O–H groups in total. The van der Waals surface area contributed by atoms with Crippen molar-refractivity contribution in [2.75, 3.05) is 17.1 Å². The Hall–Kier alpha value is -2.58. The largest absolute Gasteiger partial charge is 0.352 e. The Morgan fingerprint density at radius 2 is 1.74 bits per heavy atom. The van der Waals surface area contributed by atoms with Crippen molar-refractivity contribution in [3.63, 3.8) is 0 Å². The summed E-state index contributed by atoms with van der Waals surface area (Å²) in [4.78, 5) is 28.2. The molecule has 0 heterocycles. The number of anilines is 1. The molecule has 2 amide bonds. The van der Waals surface area contributed by atoms with Crippen molar-refractivity contribution in [1.29, 1.82) is 0 Å². The second-order valence-corrected chi connectivity index (χ2v) is 11.6. The summed E-state index contributed by atoms with van der Waals surface area (Å²) >= 11 is 6.07. The quantitative estimate of drug-likeness (QED) is 0.535. The molecule has 1 fully saturated rings. The van der Waals surface area contributed by atoms with Crippen molar-refractivity contribution in [1.82, 2.24) is 10.2 Å². The lowest BCUT2D eigenvalue weighted by Gasteiger charge is -2.33. The predicted octanol–water partition coefficient (Wildman–Crippen LogP) is 4.28. The fraction of sp³-hybridized carbons (Fsp3) is 0.462. The molecule has 0 radical (unpaired) electrons. The summed E-state index contributed by atoms with van der Waals surface area (Å²) < 4.78 is 26.2. The van der Waals surface area contributed by atoms with Gasteiger partial charge in [0.05, 0.1) is 11.9 Å². The van der Waals surface area contributed by atoms with E-state index in [0.717, 1.165) is 47.4 Å². The number of rotatable bonds is 9. The van der Waals surface area contributed by atoms with Gasteiger partial charge >= 0.3 is 0 Å². The Bertz CT molecular complexity index is 1130. The summed E-state index contributed by atoms with van der Waals surface area (Å²) in [7, 11) is -3.78. The maximum Gasteiger partial charge on any atom is 0.244 e. The molecular weight excluding hydrogens is 486 g/mol. The molecule has 0 spiro atoms. The van der Waals surface area contributed by atoms with Crippen LogP contribution in [0.15, 0.2) is 48.5 Å². The van der Waals surface area contributed by atoms with Crippen LogP contribution in [-0.4, -0.2) is 50.0 Å². The van der Waals surface area contributed by atoms with Crippen molar-refractivity contribution >= 4 is 39.1 Å². The molecule has 2 aromatic rings. The SMILES string of the molecule is Cc1ccc(CN(C(=O)CN(c2cccc(Cl)c2)S(C)(=O)=O)C(C)C(=O)NC2CCCCC2)cc1. The van der Waals surface area contributed by atoms with E-state index in [1.54, 1.807) is 25.1 Å². The molecule has 0 bridgehead atoms. The topological polar surface area (TPSA) is 86.8 Å². The number of hydrogen-bond acceptors (Lipinski definition) is 4. The maximum atomic E-state index is 13.6. The number of halogens is 1. The van der Waals surface area contributed by atoms with Gasteiger partial charge in [-0.15, -0.1) is 0 Å². The zero-order valence-corrected chi connectivity index (χ0v) is 22.1. The highest BCUT2D eigenvalue weighted by atomic mass is 35.5. The van der Waals surface area contributed by atoms with Crippen LogP contribution in [0.4, 0.5) is 5.69 Å². The summed E-state index contributed by atoms with van der Waals surface area (Å²) in [6.07, 6.45) is 6.24. The highest BCUT2D eigenvalue weighted by molar-refractivity contribution is 7.92. The average Bonchev–Trinajstić information content (AvgIpc) is 2.81. The van der Waals surface area contributed by atoms with Crippen LogP contribution in [0.1, 0.15) is 50.2 Å². The van der Waals surface area contributed by atoms with Gasteiger partial charge in [-0.1, -0.05) is 66.8 Å². The lowest BCUT2D eigenvalue weighted by molar-refractivity contribution is -0.139. The first-order valence-electron chi connectivity index (χ1n) is 11.9. The van der Waals surface area contributed by atoms with Crippen molar-refractivity contribution in [2.24, 2.45) is 0 Å². The van der Waals surface area contributed by atoms with Crippen LogP contribution < -0.4 is 9.62 Å². The van der Waals surface area contributed by atoms with Crippen LogP contribution in [0.2, 0.25) is 5.02 Å². The van der Waals surface area contributed by atoms with E-state index in [2.05, 4.69) is 5.32 Å². The fourth-order valence-corrected chi connectivity index (χ4v) is 5.31. The van der Waals surface area contributed by atoms with Crippen LogP contribution in [0, 0.1) is 6.92 Å². The maximum absolute atomic E-state index is 13.6. The standard InChI is InChI=1S/C26H34ClN3O4S/c1-19-12-14-21(15-13-19)17-29(20(2)26(32)28-23-9-5-4-6-10-23)25(31)18-30(35(3,33)34)24-11-7-8-22(27)16-24/h7-8,11-16,20,23H,4-6,9-10,17-18H2,1-3H3,(H,28,32). The first-order valence-corrected chi connectivity index (χ1v) is 14.2. The van der Waals surface area contributed by atoms with E-state index in [0.29, 0.717) is 10.7 Å². The Balaban J connectivity index is 1.86. The van der Waals surface area contributed by atoms with Gasteiger partial charge in [0.15, 0.2) is 0 Å². The van der Waals surface area contributed by atoms with Crippen molar-refractivity contribution in [3.8, 4) is 0 Å². The van der Waals surface area contributed by atoms with Gasteiger partial charge < -0.3 is 10.2 Å². The Labute approximate surface area is 213 Å². The summed E-state index contributed by atoms with van der Waals surface area (Å²) in [5.74, 6) is -0.701. The molecule has 9 heteroatoms. The molecule has 190 valence electrons. The molecule has 1 aliphatic carbocycles. The molecule has 0 saturated heterocycles. The van der Waals surface area contributed by atoms with E-state index in [1.165, 1.54) is 17.4 Å². The van der Waals surface area contributed by atoms with E-state index in [4.69, 9.17) is 11.6 Å². The zero-order chi connectivity index (χ0) is 25.6. The number of carbonyl (C=O) groups excluding carboxylic acids is 2. The second-order valence-electron chi connectivity index (χ2n) is 9.28. The summed E-state index contributed by atoms with van der Waals surface area (Å²) in [5, 5.41) is 3.45. The number of amides is 2. The normalized spacial score (nSPS) is 15.3. The van der Waals surface area contributed by atoms with Crippen LogP contribution in [-0.2, 0) is 26.2 Å². The van der Waals surface area contributed by atoms with Crippen molar-refractivity contribution in [3.05, 3.63) is 64.7 Å². The van der Waals surface area contributed by atoms with E-state index < -0.39 is 28.5 Å². The van der Waals surface area contributed by atoms with Gasteiger partial charge in [-0.05, 0) is 50.5 Å². The molecule has 0 aliphatic heterocycles. The first-order chi connectivity index (χ1) is 16.5. The third-order valence-electron chi connectivity index (χ3n) is 6.37. The minimum Gasteiger partial charge on any atom is -0.352 e. The highest BCUT2D eigenvalue weighted by Crippen LogP contribution is 2.23. The molecule has 1 aliphatic rings. The number of benzene rings is 2. The number of carbonyl (C=O) groups is 2. The summed E-state index contributed by atoms with van der Waals surface area (Å²) in [6.45, 7) is 3.41. The third kappa shape index (κ3) is 7.70. The number of nitrogens with one attached hydrogen (secondary N) is 1. The lowest BCUT2D eigenvalue weighted by atomic mass is 9.95. The third-order valence-corrected chi connectivity index (χ3v) is 7.74. The van der Waals surface area contributed by atoms with Crippen LogP contribution in [0.3, 0.4) is 0 Å². The van der Waals surface area contributed by atoms with Crippen LogP contribution in [0.5, 0.6) is 0 Å². The number of sulfonamides is 1. The van der Waals surface area contributed by atoms with E-state index in [9.17, 15) is 18.0 Å². The molecule has 35 heavy (non-hydrogen) atoms. The van der Waals surface area contributed by atoms with E-state index in [1.807, 2.05) is 31.2 Å². The minimum absolute atomic E-state index is 0.106. The van der Waals surface area contributed by atoms with Gasteiger partial charge in [0.1, 0.15) is 12.6 Å². The highest BCUT2D eigenvalue weighted by Gasteiger charge is 2.31. The first kappa shape index (κ1) is 27.0. The van der Waals surface area contributed by atoms with Gasteiger partial charge in [0.25, 0.3) is 0 Å². The summed E-state index contributed by atoms with van der Waals surface area (Å²) in [5.41, 5.74) is 2.23. The molecule has 1 atom stereocenters. The molecule has 7 nitrogen and oxygen atoms in total. The molecule has 1 unspecified atom stereocenters. The van der Waals surface area contributed by atoms with Gasteiger partial charge in [0, 0.05) is 17.6 Å². The molecular formula is C26H34ClN3O4S. The number of hydrogen-bond donors (Lipinski definition) is 1. The van der Waals surface area contributed by atoms with Crippen LogP contribution in [0.25, 0.3) is 0 Å². The molecule has 0 aromatic heterocycles. The Morgan fingerprint density at radius 1 is 1.09 bits per heavy atom. The van der Waals surface area contributed by atoms with Crippen LogP contribution >= 0.6 is 11.6 Å². The van der Waals surface area contributed by atoms with Crippen molar-refractivity contribution in [2.45, 2.75) is 64.6 Å². The minimum atomic E-state index is -3.78. The van der Waals surface area contributed by atoms with Gasteiger partial charge in [-0.2, -0.15) is 0 Å². The van der Waals surface area contributed by atoms with Gasteiger partial charge in [-0.25, -0.2) is 8.42 Å².